The number of rotatable bonds is 5. The molecule has 2 rings (SSSR count). The fourth-order valence-electron chi connectivity index (χ4n) is 2.45. The van der Waals surface area contributed by atoms with Crippen molar-refractivity contribution in [3.8, 4) is 23.5 Å². The standard InChI is InChI=1S/C20H22/c1-4-6-7-8-17-9-11-19(12-10-17)20-14-13-18(5-2)16(3)15-20/h2,9-15H,4,6-8H2,1,3H3. The van der Waals surface area contributed by atoms with Crippen LogP contribution in [0.2, 0.25) is 0 Å². The first-order valence-electron chi connectivity index (χ1n) is 7.41. The van der Waals surface area contributed by atoms with Crippen LogP contribution in [0.3, 0.4) is 0 Å². The van der Waals surface area contributed by atoms with Gasteiger partial charge >= 0.3 is 0 Å². The minimum Gasteiger partial charge on any atom is -0.115 e. The van der Waals surface area contributed by atoms with Crippen molar-refractivity contribution < 1.29 is 0 Å². The minimum absolute atomic E-state index is 0.977. The van der Waals surface area contributed by atoms with Gasteiger partial charge in [-0.2, -0.15) is 0 Å². The van der Waals surface area contributed by atoms with Gasteiger partial charge in [-0.05, 0) is 48.1 Å². The van der Waals surface area contributed by atoms with Crippen LogP contribution >= 0.6 is 0 Å². The second kappa shape index (κ2) is 6.96. The fraction of sp³-hybridized carbons (Fsp3) is 0.300. The Morgan fingerprint density at radius 3 is 2.25 bits per heavy atom. The van der Waals surface area contributed by atoms with E-state index in [0.717, 1.165) is 11.1 Å². The van der Waals surface area contributed by atoms with E-state index in [4.69, 9.17) is 6.42 Å². The molecule has 20 heavy (non-hydrogen) atoms. The molecular formula is C20H22. The zero-order valence-corrected chi connectivity index (χ0v) is 12.4. The first-order valence-corrected chi connectivity index (χ1v) is 7.41. The summed E-state index contributed by atoms with van der Waals surface area (Å²) in [4.78, 5) is 0. The predicted octanol–water partition coefficient (Wildman–Crippen LogP) is 5.38. The molecular weight excluding hydrogens is 240 g/mol. The number of hydrogen-bond donors (Lipinski definition) is 0. The molecule has 0 aliphatic carbocycles. The van der Waals surface area contributed by atoms with Crippen LogP contribution in [0, 0.1) is 19.3 Å². The van der Waals surface area contributed by atoms with Crippen LogP contribution < -0.4 is 0 Å². The van der Waals surface area contributed by atoms with Gasteiger partial charge in [0.15, 0.2) is 0 Å². The molecule has 0 aliphatic rings. The lowest BCUT2D eigenvalue weighted by Gasteiger charge is -2.07. The van der Waals surface area contributed by atoms with Crippen molar-refractivity contribution in [1.29, 1.82) is 0 Å². The first-order chi connectivity index (χ1) is 9.74. The van der Waals surface area contributed by atoms with Crippen molar-refractivity contribution in [2.24, 2.45) is 0 Å². The van der Waals surface area contributed by atoms with Crippen molar-refractivity contribution >= 4 is 0 Å². The second-order valence-corrected chi connectivity index (χ2v) is 5.33. The van der Waals surface area contributed by atoms with Crippen LogP contribution in [-0.4, -0.2) is 0 Å². The van der Waals surface area contributed by atoms with Gasteiger partial charge in [-0.25, -0.2) is 0 Å². The predicted molar refractivity (Wildman–Crippen MR) is 87.8 cm³/mol. The van der Waals surface area contributed by atoms with E-state index in [-0.39, 0.29) is 0 Å². The Morgan fingerprint density at radius 2 is 1.65 bits per heavy atom. The van der Waals surface area contributed by atoms with Crippen LogP contribution in [0.5, 0.6) is 0 Å². The SMILES string of the molecule is C#Cc1ccc(-c2ccc(CCCCC)cc2)cc1C. The zero-order chi connectivity index (χ0) is 14.4. The number of benzene rings is 2. The summed E-state index contributed by atoms with van der Waals surface area (Å²) in [6.45, 7) is 4.31. The number of aryl methyl sites for hydroxylation is 2. The minimum atomic E-state index is 0.977. The van der Waals surface area contributed by atoms with Crippen LogP contribution in [-0.2, 0) is 6.42 Å². The molecule has 0 heteroatoms. The maximum atomic E-state index is 5.47. The van der Waals surface area contributed by atoms with E-state index < -0.39 is 0 Å². The molecule has 0 atom stereocenters. The summed E-state index contributed by atoms with van der Waals surface area (Å²) in [5.74, 6) is 2.71. The maximum absolute atomic E-state index is 5.47. The van der Waals surface area contributed by atoms with Gasteiger partial charge in [0.25, 0.3) is 0 Å². The lowest BCUT2D eigenvalue weighted by Crippen LogP contribution is -1.87. The molecule has 0 unspecified atom stereocenters. The van der Waals surface area contributed by atoms with E-state index in [9.17, 15) is 0 Å². The van der Waals surface area contributed by atoms with Crippen molar-refractivity contribution in [1.82, 2.24) is 0 Å². The third kappa shape index (κ3) is 3.52. The highest BCUT2D eigenvalue weighted by atomic mass is 14.1. The highest BCUT2D eigenvalue weighted by Gasteiger charge is 2.01. The summed E-state index contributed by atoms with van der Waals surface area (Å²) in [7, 11) is 0. The van der Waals surface area contributed by atoms with Gasteiger partial charge in [0.2, 0.25) is 0 Å². The quantitative estimate of drug-likeness (QED) is 0.501. The van der Waals surface area contributed by atoms with Gasteiger partial charge < -0.3 is 0 Å². The van der Waals surface area contributed by atoms with Gasteiger partial charge in [0.05, 0.1) is 0 Å². The average molecular weight is 262 g/mol. The first kappa shape index (κ1) is 14.4. The summed E-state index contributed by atoms with van der Waals surface area (Å²) in [6, 6.07) is 15.2. The topological polar surface area (TPSA) is 0 Å². The summed E-state index contributed by atoms with van der Waals surface area (Å²) >= 11 is 0. The Bertz CT molecular complexity index is 597. The summed E-state index contributed by atoms with van der Waals surface area (Å²) in [5, 5.41) is 0. The molecule has 0 saturated carbocycles. The Hall–Kier alpha value is -2.00. The van der Waals surface area contributed by atoms with Gasteiger partial charge in [-0.1, -0.05) is 62.1 Å². The summed E-state index contributed by atoms with van der Waals surface area (Å²) in [6.07, 6.45) is 10.5. The molecule has 0 aromatic heterocycles. The summed E-state index contributed by atoms with van der Waals surface area (Å²) in [5.41, 5.74) is 6.07. The molecule has 102 valence electrons. The van der Waals surface area contributed by atoms with Gasteiger partial charge in [-0.3, -0.25) is 0 Å². The molecule has 0 radical (unpaired) electrons. The molecule has 0 fully saturated rings. The molecule has 0 saturated heterocycles. The van der Waals surface area contributed by atoms with E-state index in [1.807, 2.05) is 6.07 Å². The lowest BCUT2D eigenvalue weighted by atomic mass is 9.98. The van der Waals surface area contributed by atoms with E-state index in [2.05, 4.69) is 56.2 Å². The van der Waals surface area contributed by atoms with Gasteiger partial charge in [0, 0.05) is 5.56 Å². The second-order valence-electron chi connectivity index (χ2n) is 5.33. The Balaban J connectivity index is 2.14. The molecule has 0 nitrogen and oxygen atoms in total. The highest BCUT2D eigenvalue weighted by Crippen LogP contribution is 2.23. The van der Waals surface area contributed by atoms with E-state index in [1.165, 1.54) is 42.4 Å². The monoisotopic (exact) mass is 262 g/mol. The van der Waals surface area contributed by atoms with Gasteiger partial charge in [0.1, 0.15) is 0 Å². The number of hydrogen-bond acceptors (Lipinski definition) is 0. The smallest absolute Gasteiger partial charge is 0.0272 e. The Labute approximate surface area is 122 Å². The summed E-state index contributed by atoms with van der Waals surface area (Å²) < 4.78 is 0. The van der Waals surface area contributed by atoms with Crippen molar-refractivity contribution in [3.05, 3.63) is 59.2 Å². The molecule has 2 aromatic carbocycles. The molecule has 2 aromatic rings. The number of unbranched alkanes of at least 4 members (excludes halogenated alkanes) is 2. The Morgan fingerprint density at radius 1 is 0.950 bits per heavy atom. The van der Waals surface area contributed by atoms with Crippen LogP contribution in [0.15, 0.2) is 42.5 Å². The normalized spacial score (nSPS) is 10.2. The Kier molecular flexibility index (Phi) is 5.02. The van der Waals surface area contributed by atoms with E-state index >= 15 is 0 Å². The molecule has 0 N–H and O–H groups in total. The van der Waals surface area contributed by atoms with Gasteiger partial charge in [-0.15, -0.1) is 6.42 Å². The van der Waals surface area contributed by atoms with E-state index in [0.29, 0.717) is 0 Å². The number of terminal acetylenes is 1. The molecule has 0 amide bonds. The maximum Gasteiger partial charge on any atom is 0.0272 e. The molecule has 0 aliphatic heterocycles. The molecule has 0 spiro atoms. The fourth-order valence-corrected chi connectivity index (χ4v) is 2.45. The molecule has 0 heterocycles. The zero-order valence-electron chi connectivity index (χ0n) is 12.4. The van der Waals surface area contributed by atoms with Crippen LogP contribution in [0.4, 0.5) is 0 Å². The van der Waals surface area contributed by atoms with Crippen LogP contribution in [0.1, 0.15) is 42.9 Å². The highest BCUT2D eigenvalue weighted by molar-refractivity contribution is 5.66. The van der Waals surface area contributed by atoms with Crippen molar-refractivity contribution in [3.63, 3.8) is 0 Å². The van der Waals surface area contributed by atoms with E-state index in [1.54, 1.807) is 0 Å². The third-order valence-electron chi connectivity index (χ3n) is 3.74. The van der Waals surface area contributed by atoms with Crippen molar-refractivity contribution in [2.75, 3.05) is 0 Å². The van der Waals surface area contributed by atoms with Crippen LogP contribution in [0.25, 0.3) is 11.1 Å². The average Bonchev–Trinajstić information content (AvgIpc) is 2.48. The molecule has 0 bridgehead atoms. The van der Waals surface area contributed by atoms with Crippen molar-refractivity contribution in [2.45, 2.75) is 39.5 Å². The largest absolute Gasteiger partial charge is 0.115 e. The lowest BCUT2D eigenvalue weighted by molar-refractivity contribution is 0.717. The third-order valence-corrected chi connectivity index (χ3v) is 3.74.